The number of amides is 3. The number of carbonyl (C=O) groups is 3. The highest BCUT2D eigenvalue weighted by Crippen LogP contribution is 2.22. The molecule has 2 aromatic rings. The molecule has 31 heavy (non-hydrogen) atoms. The van der Waals surface area contributed by atoms with E-state index in [4.69, 9.17) is 0 Å². The third kappa shape index (κ3) is 5.19. The predicted octanol–water partition coefficient (Wildman–Crippen LogP) is 2.73. The minimum absolute atomic E-state index is 0.253. The normalized spacial score (nSPS) is 14.6. The second-order valence-electron chi connectivity index (χ2n) is 8.15. The Morgan fingerprint density at radius 1 is 0.935 bits per heavy atom. The van der Waals surface area contributed by atoms with E-state index in [0.29, 0.717) is 11.5 Å². The van der Waals surface area contributed by atoms with Crippen molar-refractivity contribution in [3.05, 3.63) is 70.8 Å². The molecule has 0 radical (unpaired) electrons. The number of hydrogen-bond acceptors (Lipinski definition) is 5. The monoisotopic (exact) mass is 442 g/mol. The van der Waals surface area contributed by atoms with E-state index in [1.54, 1.807) is 19.1 Å². The summed E-state index contributed by atoms with van der Waals surface area (Å²) in [6, 6.07) is 13.9. The van der Waals surface area contributed by atoms with Gasteiger partial charge in [-0.2, -0.15) is 0 Å². The van der Waals surface area contributed by atoms with Crippen molar-refractivity contribution in [3.8, 4) is 0 Å². The van der Waals surface area contributed by atoms with Gasteiger partial charge in [-0.15, -0.1) is 0 Å². The van der Waals surface area contributed by atoms with Crippen molar-refractivity contribution < 1.29 is 22.8 Å². The third-order valence-electron chi connectivity index (χ3n) is 5.23. The number of fused-ring (bicyclic) bond motifs is 1. The topological polar surface area (TPSA) is 101 Å². The lowest BCUT2D eigenvalue weighted by molar-refractivity contribution is -0.120. The Bertz CT molecular complexity index is 1070. The van der Waals surface area contributed by atoms with Gasteiger partial charge >= 0.3 is 0 Å². The van der Waals surface area contributed by atoms with Crippen LogP contribution in [0.5, 0.6) is 0 Å². The van der Waals surface area contributed by atoms with Crippen LogP contribution in [-0.4, -0.2) is 43.3 Å². The highest BCUT2D eigenvalue weighted by molar-refractivity contribution is 7.90. The molecule has 0 saturated heterocycles. The van der Waals surface area contributed by atoms with Crippen molar-refractivity contribution in [1.29, 1.82) is 0 Å². The minimum Gasteiger partial charge on any atom is -0.273 e. The molecule has 2 aromatic carbocycles. The number of benzene rings is 2. The van der Waals surface area contributed by atoms with Crippen LogP contribution < -0.4 is 4.72 Å². The molecule has 1 heterocycles. The summed E-state index contributed by atoms with van der Waals surface area (Å²) >= 11 is 0. The molecule has 1 aliphatic rings. The zero-order valence-electron chi connectivity index (χ0n) is 17.8. The van der Waals surface area contributed by atoms with Crippen LogP contribution in [0.15, 0.2) is 48.5 Å². The van der Waals surface area contributed by atoms with Crippen LogP contribution in [0.3, 0.4) is 0 Å². The summed E-state index contributed by atoms with van der Waals surface area (Å²) < 4.78 is 26.9. The van der Waals surface area contributed by atoms with Crippen LogP contribution in [0.1, 0.15) is 58.5 Å². The van der Waals surface area contributed by atoms with Crippen LogP contribution >= 0.6 is 0 Å². The Morgan fingerprint density at radius 2 is 1.48 bits per heavy atom. The lowest BCUT2D eigenvalue weighted by Crippen LogP contribution is -2.40. The quantitative estimate of drug-likeness (QED) is 0.634. The van der Waals surface area contributed by atoms with E-state index in [0.717, 1.165) is 16.9 Å². The van der Waals surface area contributed by atoms with Gasteiger partial charge in [-0.3, -0.25) is 24.0 Å². The van der Waals surface area contributed by atoms with E-state index < -0.39 is 39.4 Å². The maximum absolute atomic E-state index is 12.5. The first kappa shape index (κ1) is 22.7. The Kier molecular flexibility index (Phi) is 6.59. The molecule has 0 aliphatic carbocycles. The lowest BCUT2D eigenvalue weighted by Gasteiger charge is -2.16. The second kappa shape index (κ2) is 9.01. The highest BCUT2D eigenvalue weighted by atomic mass is 32.2. The maximum Gasteiger partial charge on any atom is 0.261 e. The maximum atomic E-state index is 12.5. The van der Waals surface area contributed by atoms with E-state index >= 15 is 0 Å². The molecule has 8 heteroatoms. The highest BCUT2D eigenvalue weighted by Gasteiger charge is 2.35. The molecule has 0 bridgehead atoms. The molecule has 0 aromatic heterocycles. The van der Waals surface area contributed by atoms with Crippen LogP contribution in [0.4, 0.5) is 0 Å². The van der Waals surface area contributed by atoms with Crippen LogP contribution in [0.2, 0.25) is 0 Å². The zero-order chi connectivity index (χ0) is 22.8. The molecule has 1 N–H and O–H groups in total. The molecule has 1 atom stereocenters. The van der Waals surface area contributed by atoms with Crippen LogP contribution in [0.25, 0.3) is 0 Å². The minimum atomic E-state index is -4.03. The molecule has 1 unspecified atom stereocenters. The SMILES string of the molecule is CC(C)Cc1ccc(C(C)C(=O)NS(=O)(=O)CCN2C(=O)c3ccccc3C2=O)cc1. The third-order valence-corrected chi connectivity index (χ3v) is 6.47. The van der Waals surface area contributed by atoms with Gasteiger partial charge in [-0.1, -0.05) is 50.2 Å². The number of nitrogens with one attached hydrogen (secondary N) is 1. The van der Waals surface area contributed by atoms with E-state index in [-0.39, 0.29) is 17.7 Å². The average molecular weight is 443 g/mol. The average Bonchev–Trinajstić information content (AvgIpc) is 2.96. The molecule has 0 fully saturated rings. The first-order valence-electron chi connectivity index (χ1n) is 10.2. The van der Waals surface area contributed by atoms with E-state index in [2.05, 4.69) is 18.6 Å². The van der Waals surface area contributed by atoms with Gasteiger partial charge in [-0.05, 0) is 42.5 Å². The fourth-order valence-electron chi connectivity index (χ4n) is 3.51. The van der Waals surface area contributed by atoms with E-state index in [9.17, 15) is 22.8 Å². The standard InChI is InChI=1S/C23H26N2O5S/c1-15(2)14-17-8-10-18(11-9-17)16(3)21(26)24-31(29,30)13-12-25-22(27)19-6-4-5-7-20(19)23(25)28/h4-11,15-16H,12-14H2,1-3H3,(H,24,26). The van der Waals surface area contributed by atoms with Crippen molar-refractivity contribution >= 4 is 27.7 Å². The molecule has 164 valence electrons. The van der Waals surface area contributed by atoms with Crippen molar-refractivity contribution in [1.82, 2.24) is 9.62 Å². The van der Waals surface area contributed by atoms with E-state index in [1.807, 2.05) is 24.3 Å². The summed E-state index contributed by atoms with van der Waals surface area (Å²) in [6.07, 6.45) is 0.924. The molecular formula is C23H26N2O5S. The Balaban J connectivity index is 1.60. The van der Waals surface area contributed by atoms with E-state index in [1.165, 1.54) is 12.1 Å². The second-order valence-corrected chi connectivity index (χ2v) is 10.00. The van der Waals surface area contributed by atoms with Crippen molar-refractivity contribution in [2.24, 2.45) is 5.92 Å². The van der Waals surface area contributed by atoms with Gasteiger partial charge in [0.25, 0.3) is 11.8 Å². The number of hydrogen-bond donors (Lipinski definition) is 1. The molecule has 0 saturated carbocycles. The van der Waals surface area contributed by atoms with Crippen LogP contribution in [0, 0.1) is 5.92 Å². The first-order chi connectivity index (χ1) is 14.6. The van der Waals surface area contributed by atoms with Gasteiger partial charge in [0.2, 0.25) is 15.9 Å². The molecular weight excluding hydrogens is 416 g/mol. The summed E-state index contributed by atoms with van der Waals surface area (Å²) in [5.74, 6) is -2.42. The van der Waals surface area contributed by atoms with Crippen molar-refractivity contribution in [2.75, 3.05) is 12.3 Å². The Morgan fingerprint density at radius 3 is 2.00 bits per heavy atom. The number of nitrogens with zero attached hydrogens (tertiary/aromatic N) is 1. The van der Waals surface area contributed by atoms with Crippen molar-refractivity contribution in [2.45, 2.75) is 33.1 Å². The molecule has 3 rings (SSSR count). The van der Waals surface area contributed by atoms with Gasteiger partial charge in [0.1, 0.15) is 0 Å². The van der Waals surface area contributed by atoms with Crippen molar-refractivity contribution in [3.63, 3.8) is 0 Å². The number of rotatable bonds is 8. The summed E-state index contributed by atoms with van der Waals surface area (Å²) in [5.41, 5.74) is 2.37. The molecule has 7 nitrogen and oxygen atoms in total. The fourth-order valence-corrected chi connectivity index (χ4v) is 4.52. The summed E-state index contributed by atoms with van der Waals surface area (Å²) in [7, 11) is -4.03. The predicted molar refractivity (Wildman–Crippen MR) is 117 cm³/mol. The smallest absolute Gasteiger partial charge is 0.261 e. The Hall–Kier alpha value is -3.00. The summed E-state index contributed by atoms with van der Waals surface area (Å²) in [6.45, 7) is 5.55. The number of imide groups is 1. The lowest BCUT2D eigenvalue weighted by atomic mass is 9.96. The van der Waals surface area contributed by atoms with Gasteiger partial charge in [-0.25, -0.2) is 8.42 Å². The number of sulfonamides is 1. The zero-order valence-corrected chi connectivity index (χ0v) is 18.6. The molecule has 0 spiro atoms. The molecule has 1 aliphatic heterocycles. The van der Waals surface area contributed by atoms with Gasteiger partial charge < -0.3 is 0 Å². The first-order valence-corrected chi connectivity index (χ1v) is 11.8. The summed E-state index contributed by atoms with van der Waals surface area (Å²) in [4.78, 5) is 38.1. The van der Waals surface area contributed by atoms with Crippen LogP contribution in [-0.2, 0) is 21.2 Å². The van der Waals surface area contributed by atoms with Gasteiger partial charge in [0.05, 0.1) is 22.8 Å². The van der Waals surface area contributed by atoms with Gasteiger partial charge in [0, 0.05) is 6.54 Å². The molecule has 3 amide bonds. The Labute approximate surface area is 182 Å². The number of carbonyl (C=O) groups excluding carboxylic acids is 3. The fraction of sp³-hybridized carbons (Fsp3) is 0.348. The largest absolute Gasteiger partial charge is 0.273 e. The summed E-state index contributed by atoms with van der Waals surface area (Å²) in [5, 5.41) is 0. The van der Waals surface area contributed by atoms with Gasteiger partial charge in [0.15, 0.2) is 0 Å².